The number of fused-ring (bicyclic) bond motifs is 2. The SMILES string of the molecule is COc1cc2c(C(=O)N3CCC4(CC3)CC4)cn(-c3cc(F)cc4c3ccn4C)c(=O)c2cc1OC. The maximum atomic E-state index is 14.7. The van der Waals surface area contributed by atoms with Gasteiger partial charge in [-0.3, -0.25) is 14.2 Å². The van der Waals surface area contributed by atoms with Gasteiger partial charge in [0.25, 0.3) is 11.5 Å². The van der Waals surface area contributed by atoms with E-state index in [2.05, 4.69) is 0 Å². The first-order valence-electron chi connectivity index (χ1n) is 12.2. The summed E-state index contributed by atoms with van der Waals surface area (Å²) in [5, 5.41) is 1.52. The van der Waals surface area contributed by atoms with E-state index in [1.54, 1.807) is 22.9 Å². The zero-order valence-corrected chi connectivity index (χ0v) is 20.6. The van der Waals surface area contributed by atoms with Crippen molar-refractivity contribution in [1.29, 1.82) is 0 Å². The van der Waals surface area contributed by atoms with Crippen LogP contribution in [0, 0.1) is 11.2 Å². The molecule has 4 aromatic rings. The Bertz CT molecular complexity index is 1590. The first kappa shape index (κ1) is 22.6. The van der Waals surface area contributed by atoms with Crippen molar-refractivity contribution >= 4 is 27.6 Å². The van der Waals surface area contributed by atoms with Crippen LogP contribution in [0.4, 0.5) is 4.39 Å². The molecule has 2 aromatic heterocycles. The summed E-state index contributed by atoms with van der Waals surface area (Å²) in [6.45, 7) is 1.38. The summed E-state index contributed by atoms with van der Waals surface area (Å²) in [7, 11) is 4.84. The number of carbonyl (C=O) groups excluding carboxylic acids is 1. The molecule has 3 heterocycles. The van der Waals surface area contributed by atoms with Gasteiger partial charge in [-0.15, -0.1) is 0 Å². The van der Waals surface area contributed by atoms with Crippen LogP contribution in [0.2, 0.25) is 0 Å². The first-order chi connectivity index (χ1) is 17.3. The summed E-state index contributed by atoms with van der Waals surface area (Å²) in [5.74, 6) is 0.216. The molecule has 2 fully saturated rings. The Kier molecular flexibility index (Phi) is 5.10. The van der Waals surface area contributed by atoms with Crippen LogP contribution in [0.5, 0.6) is 11.5 Å². The zero-order chi connectivity index (χ0) is 25.2. The summed E-state index contributed by atoms with van der Waals surface area (Å²) < 4.78 is 28.8. The van der Waals surface area contributed by atoms with Crippen molar-refractivity contribution in [3.63, 3.8) is 0 Å². The van der Waals surface area contributed by atoms with Crippen LogP contribution in [-0.2, 0) is 7.05 Å². The molecule has 0 atom stereocenters. The molecule has 6 rings (SSSR count). The minimum Gasteiger partial charge on any atom is -0.493 e. The van der Waals surface area contributed by atoms with E-state index in [0.717, 1.165) is 12.8 Å². The molecule has 1 saturated heterocycles. The van der Waals surface area contributed by atoms with Gasteiger partial charge in [-0.05, 0) is 61.4 Å². The molecule has 0 bridgehead atoms. The van der Waals surface area contributed by atoms with Crippen LogP contribution in [0.1, 0.15) is 36.0 Å². The van der Waals surface area contributed by atoms with Crippen molar-refractivity contribution in [3.8, 4) is 17.2 Å². The van der Waals surface area contributed by atoms with E-state index in [1.807, 2.05) is 24.2 Å². The molecular weight excluding hydrogens is 461 g/mol. The molecule has 1 saturated carbocycles. The second kappa shape index (κ2) is 8.11. The monoisotopic (exact) mass is 489 g/mol. The predicted octanol–water partition coefficient (Wildman–Crippen LogP) is 4.65. The number of carbonyl (C=O) groups is 1. The maximum Gasteiger partial charge on any atom is 0.263 e. The number of ether oxygens (including phenoxy) is 2. The summed E-state index contributed by atoms with van der Waals surface area (Å²) in [6.07, 6.45) is 7.87. The van der Waals surface area contributed by atoms with Gasteiger partial charge in [-0.25, -0.2) is 4.39 Å². The van der Waals surface area contributed by atoms with Gasteiger partial charge in [0.2, 0.25) is 0 Å². The number of benzene rings is 2. The Hall–Kier alpha value is -3.81. The smallest absolute Gasteiger partial charge is 0.263 e. The van der Waals surface area contributed by atoms with Crippen LogP contribution >= 0.6 is 0 Å². The molecule has 1 aliphatic heterocycles. The fourth-order valence-electron chi connectivity index (χ4n) is 5.56. The Morgan fingerprint density at radius 2 is 1.61 bits per heavy atom. The summed E-state index contributed by atoms with van der Waals surface area (Å²) in [5.41, 5.74) is 1.48. The number of piperidine rings is 1. The number of nitrogens with zero attached hydrogens (tertiary/aromatic N) is 3. The van der Waals surface area contributed by atoms with Crippen molar-refractivity contribution in [2.75, 3.05) is 27.3 Å². The molecule has 1 spiro atoms. The molecule has 8 heteroatoms. The number of amides is 1. The minimum absolute atomic E-state index is 0.142. The van der Waals surface area contributed by atoms with E-state index in [-0.39, 0.29) is 11.5 Å². The van der Waals surface area contributed by atoms with Gasteiger partial charge in [0.15, 0.2) is 11.5 Å². The number of hydrogen-bond acceptors (Lipinski definition) is 4. The lowest BCUT2D eigenvalue weighted by Gasteiger charge is -2.32. The summed E-state index contributed by atoms with van der Waals surface area (Å²) >= 11 is 0. The molecule has 0 unspecified atom stereocenters. The molecule has 7 nitrogen and oxygen atoms in total. The van der Waals surface area contributed by atoms with Crippen molar-refractivity contribution in [2.24, 2.45) is 12.5 Å². The third-order valence-electron chi connectivity index (χ3n) is 8.03. The lowest BCUT2D eigenvalue weighted by atomic mass is 9.93. The van der Waals surface area contributed by atoms with Crippen molar-refractivity contribution in [3.05, 3.63) is 64.5 Å². The van der Waals surface area contributed by atoms with Crippen molar-refractivity contribution in [1.82, 2.24) is 14.0 Å². The summed E-state index contributed by atoms with van der Waals surface area (Å²) in [6, 6.07) is 7.90. The van der Waals surface area contributed by atoms with Crippen LogP contribution in [-0.4, -0.2) is 47.3 Å². The summed E-state index contributed by atoms with van der Waals surface area (Å²) in [4.78, 5) is 29.6. The average molecular weight is 490 g/mol. The van der Waals surface area contributed by atoms with Gasteiger partial charge in [0, 0.05) is 43.3 Å². The number of likely N-dealkylation sites (tertiary alicyclic amines) is 1. The molecule has 1 amide bonds. The highest BCUT2D eigenvalue weighted by Gasteiger charge is 2.45. The fraction of sp³-hybridized carbons (Fsp3) is 0.357. The Morgan fingerprint density at radius 1 is 0.944 bits per heavy atom. The quantitative estimate of drug-likeness (QED) is 0.419. The van der Waals surface area contributed by atoms with Gasteiger partial charge in [0.1, 0.15) is 5.82 Å². The van der Waals surface area contributed by atoms with Gasteiger partial charge in [-0.2, -0.15) is 0 Å². The molecule has 0 radical (unpaired) electrons. The van der Waals surface area contributed by atoms with Crippen LogP contribution in [0.25, 0.3) is 27.4 Å². The fourth-order valence-corrected chi connectivity index (χ4v) is 5.56. The molecule has 186 valence electrons. The van der Waals surface area contributed by atoms with E-state index < -0.39 is 5.82 Å². The maximum absolute atomic E-state index is 14.7. The minimum atomic E-state index is -0.461. The standard InChI is InChI=1S/C28H28FN3O4/c1-30-9-4-18-22(30)12-17(29)13-23(18)32-16-21(26(33)31-10-7-28(5-6-28)8-11-31)19-14-24(35-2)25(36-3)15-20(19)27(32)34/h4,9,12-16H,5-8,10-11H2,1-3H3. The molecule has 1 aliphatic carbocycles. The second-order valence-corrected chi connectivity index (χ2v) is 10.0. The molecule has 36 heavy (non-hydrogen) atoms. The number of aromatic nitrogens is 2. The average Bonchev–Trinajstić information content (AvgIpc) is 3.54. The number of aryl methyl sites for hydroxylation is 1. The van der Waals surface area contributed by atoms with Crippen LogP contribution in [0.3, 0.4) is 0 Å². The Labute approximate surface area is 207 Å². The molecule has 2 aliphatic rings. The number of pyridine rings is 1. The number of hydrogen-bond donors (Lipinski definition) is 0. The van der Waals surface area contributed by atoms with Crippen molar-refractivity contribution < 1.29 is 18.7 Å². The van der Waals surface area contributed by atoms with Crippen molar-refractivity contribution in [2.45, 2.75) is 25.7 Å². The van der Waals surface area contributed by atoms with Gasteiger partial charge >= 0.3 is 0 Å². The number of rotatable bonds is 4. The third-order valence-corrected chi connectivity index (χ3v) is 8.03. The number of halogens is 1. The topological polar surface area (TPSA) is 65.7 Å². The predicted molar refractivity (Wildman–Crippen MR) is 136 cm³/mol. The van der Waals surface area contributed by atoms with E-state index in [9.17, 15) is 14.0 Å². The van der Waals surface area contributed by atoms with E-state index in [4.69, 9.17) is 9.47 Å². The Balaban J connectivity index is 1.60. The van der Waals surface area contributed by atoms with Gasteiger partial charge in [-0.1, -0.05) is 0 Å². The van der Waals surface area contributed by atoms with E-state index >= 15 is 0 Å². The van der Waals surface area contributed by atoms with E-state index in [1.165, 1.54) is 43.8 Å². The third kappa shape index (κ3) is 3.46. The van der Waals surface area contributed by atoms with Crippen LogP contribution in [0.15, 0.2) is 47.5 Å². The first-order valence-corrected chi connectivity index (χ1v) is 12.2. The van der Waals surface area contributed by atoms with Gasteiger partial charge < -0.3 is 18.9 Å². The molecule has 2 aromatic carbocycles. The number of methoxy groups -OCH3 is 2. The van der Waals surface area contributed by atoms with E-state index in [0.29, 0.717) is 62.9 Å². The highest BCUT2D eigenvalue weighted by molar-refractivity contribution is 6.07. The largest absolute Gasteiger partial charge is 0.493 e. The van der Waals surface area contributed by atoms with Crippen LogP contribution < -0.4 is 15.0 Å². The Morgan fingerprint density at radius 3 is 2.25 bits per heavy atom. The highest BCUT2D eigenvalue weighted by atomic mass is 19.1. The lowest BCUT2D eigenvalue weighted by Crippen LogP contribution is -2.39. The lowest BCUT2D eigenvalue weighted by molar-refractivity contribution is 0.0680. The normalized spacial score (nSPS) is 16.6. The highest BCUT2D eigenvalue weighted by Crippen LogP contribution is 2.53. The van der Waals surface area contributed by atoms with Gasteiger partial charge in [0.05, 0.1) is 36.4 Å². The second-order valence-electron chi connectivity index (χ2n) is 10.0. The molecule has 0 N–H and O–H groups in total. The molecular formula is C28H28FN3O4. The zero-order valence-electron chi connectivity index (χ0n) is 20.6.